The molecule has 2 aliphatic carbocycles. The molecule has 2 aliphatic rings. The minimum Gasteiger partial charge on any atom is -0.462 e. The molecule has 0 bridgehead atoms. The summed E-state index contributed by atoms with van der Waals surface area (Å²) in [6.45, 7) is 10.4. The highest BCUT2D eigenvalue weighted by atomic mass is 16.5. The molecular weight excluding hydrogens is 288 g/mol. The van der Waals surface area contributed by atoms with Crippen molar-refractivity contribution in [3.63, 3.8) is 0 Å². The standard InChI is InChI=1S/C20H36O3/c1-14(2)8-6-13-20(5,22)18-11-10-16-17(23-15(3)21)9-7-12-19(16,18)4/h14,16-18,22H,6-13H2,1-5H3/t16-,17-,18-,19-,20-/m0/s1. The summed E-state index contributed by atoms with van der Waals surface area (Å²) < 4.78 is 5.62. The van der Waals surface area contributed by atoms with E-state index in [1.165, 1.54) is 13.3 Å². The molecule has 3 nitrogen and oxygen atoms in total. The third kappa shape index (κ3) is 4.10. The largest absolute Gasteiger partial charge is 0.462 e. The number of carbonyl (C=O) groups excluding carboxylic acids is 1. The monoisotopic (exact) mass is 324 g/mol. The lowest BCUT2D eigenvalue weighted by Crippen LogP contribution is -2.48. The molecule has 2 fully saturated rings. The van der Waals surface area contributed by atoms with Gasteiger partial charge in [0.05, 0.1) is 5.60 Å². The van der Waals surface area contributed by atoms with Gasteiger partial charge in [0.1, 0.15) is 6.10 Å². The molecule has 0 amide bonds. The van der Waals surface area contributed by atoms with E-state index >= 15 is 0 Å². The molecular formula is C20H36O3. The summed E-state index contributed by atoms with van der Waals surface area (Å²) in [6.07, 6.45) is 8.60. The van der Waals surface area contributed by atoms with Gasteiger partial charge in [0.25, 0.3) is 0 Å². The molecule has 0 saturated heterocycles. The average Bonchev–Trinajstić information content (AvgIpc) is 2.76. The molecule has 0 heterocycles. The van der Waals surface area contributed by atoms with Gasteiger partial charge in [-0.1, -0.05) is 33.6 Å². The van der Waals surface area contributed by atoms with Crippen molar-refractivity contribution >= 4 is 5.97 Å². The fourth-order valence-corrected chi connectivity index (χ4v) is 5.54. The molecule has 0 aromatic carbocycles. The van der Waals surface area contributed by atoms with Crippen LogP contribution in [0.2, 0.25) is 0 Å². The number of carbonyl (C=O) groups is 1. The van der Waals surface area contributed by atoms with Crippen molar-refractivity contribution in [1.29, 1.82) is 0 Å². The lowest BCUT2D eigenvalue weighted by molar-refractivity contribution is -0.158. The molecule has 134 valence electrons. The van der Waals surface area contributed by atoms with E-state index < -0.39 is 5.60 Å². The van der Waals surface area contributed by atoms with Crippen LogP contribution in [0.3, 0.4) is 0 Å². The predicted molar refractivity (Wildman–Crippen MR) is 93.0 cm³/mol. The summed E-state index contributed by atoms with van der Waals surface area (Å²) in [7, 11) is 0. The summed E-state index contributed by atoms with van der Waals surface area (Å²) in [6, 6.07) is 0. The van der Waals surface area contributed by atoms with E-state index in [0.717, 1.165) is 44.9 Å². The number of esters is 1. The lowest BCUT2D eigenvalue weighted by Gasteiger charge is -2.48. The summed E-state index contributed by atoms with van der Waals surface area (Å²) in [5, 5.41) is 11.2. The van der Waals surface area contributed by atoms with Gasteiger partial charge < -0.3 is 9.84 Å². The summed E-state index contributed by atoms with van der Waals surface area (Å²) in [5.74, 6) is 1.28. The number of aliphatic hydroxyl groups is 1. The van der Waals surface area contributed by atoms with Gasteiger partial charge in [-0.25, -0.2) is 0 Å². The Kier molecular flexibility index (Phi) is 5.81. The highest BCUT2D eigenvalue weighted by Crippen LogP contribution is 2.59. The third-order valence-corrected chi connectivity index (χ3v) is 6.59. The predicted octanol–water partition coefficient (Wildman–Crippen LogP) is 4.71. The van der Waals surface area contributed by atoms with Crippen LogP contribution in [0, 0.1) is 23.2 Å². The second-order valence-electron chi connectivity index (χ2n) is 8.93. The number of fused-ring (bicyclic) bond motifs is 1. The average molecular weight is 325 g/mol. The van der Waals surface area contributed by atoms with Gasteiger partial charge in [-0.2, -0.15) is 0 Å². The van der Waals surface area contributed by atoms with Crippen molar-refractivity contribution in [2.45, 2.75) is 97.7 Å². The van der Waals surface area contributed by atoms with E-state index in [-0.39, 0.29) is 17.5 Å². The minimum atomic E-state index is -0.601. The Balaban J connectivity index is 2.07. The zero-order valence-electron chi connectivity index (χ0n) is 15.7. The quantitative estimate of drug-likeness (QED) is 0.720. The highest BCUT2D eigenvalue weighted by molar-refractivity contribution is 5.66. The third-order valence-electron chi connectivity index (χ3n) is 6.59. The zero-order valence-corrected chi connectivity index (χ0v) is 15.7. The summed E-state index contributed by atoms with van der Waals surface area (Å²) in [5.41, 5.74) is -0.490. The first-order valence-corrected chi connectivity index (χ1v) is 9.56. The van der Waals surface area contributed by atoms with Crippen LogP contribution in [0.15, 0.2) is 0 Å². The molecule has 0 radical (unpaired) electrons. The van der Waals surface area contributed by atoms with Gasteiger partial charge in [0, 0.05) is 12.8 Å². The van der Waals surface area contributed by atoms with Crippen molar-refractivity contribution in [2.75, 3.05) is 0 Å². The SMILES string of the molecule is CC(=O)O[C@H]1CCC[C@@]2(C)[C@H]1CC[C@@H]2[C@@](C)(O)CCCC(C)C. The van der Waals surface area contributed by atoms with Crippen molar-refractivity contribution in [3.8, 4) is 0 Å². The first kappa shape index (κ1) is 18.8. The first-order valence-electron chi connectivity index (χ1n) is 9.56. The van der Waals surface area contributed by atoms with Gasteiger partial charge in [0.15, 0.2) is 0 Å². The number of hydrogen-bond acceptors (Lipinski definition) is 3. The van der Waals surface area contributed by atoms with Crippen LogP contribution >= 0.6 is 0 Å². The van der Waals surface area contributed by atoms with Crippen LogP contribution in [-0.4, -0.2) is 22.8 Å². The topological polar surface area (TPSA) is 46.5 Å². The molecule has 0 spiro atoms. The summed E-state index contributed by atoms with van der Waals surface area (Å²) >= 11 is 0. The first-order chi connectivity index (χ1) is 10.7. The normalized spacial score (nSPS) is 36.6. The lowest BCUT2D eigenvalue weighted by atomic mass is 9.60. The Hall–Kier alpha value is -0.570. The molecule has 23 heavy (non-hydrogen) atoms. The van der Waals surface area contributed by atoms with Gasteiger partial charge in [-0.15, -0.1) is 0 Å². The fourth-order valence-electron chi connectivity index (χ4n) is 5.54. The number of hydrogen-bond donors (Lipinski definition) is 1. The maximum atomic E-state index is 11.4. The highest BCUT2D eigenvalue weighted by Gasteiger charge is 2.56. The Morgan fingerprint density at radius 3 is 2.65 bits per heavy atom. The number of rotatable bonds is 6. The van der Waals surface area contributed by atoms with Gasteiger partial charge in [-0.3, -0.25) is 4.79 Å². The smallest absolute Gasteiger partial charge is 0.302 e. The molecule has 3 heteroatoms. The van der Waals surface area contributed by atoms with Crippen LogP contribution < -0.4 is 0 Å². The van der Waals surface area contributed by atoms with Gasteiger partial charge in [-0.05, 0) is 62.7 Å². The second kappa shape index (κ2) is 7.13. The molecule has 0 aliphatic heterocycles. The minimum absolute atomic E-state index is 0.0581. The molecule has 0 unspecified atom stereocenters. The van der Waals surface area contributed by atoms with Crippen LogP contribution in [0.25, 0.3) is 0 Å². The van der Waals surface area contributed by atoms with E-state index in [1.54, 1.807) is 0 Å². The Labute approximate surface area is 142 Å². The van der Waals surface area contributed by atoms with Crippen LogP contribution in [0.5, 0.6) is 0 Å². The number of ether oxygens (including phenoxy) is 1. The van der Waals surface area contributed by atoms with E-state index in [0.29, 0.717) is 17.8 Å². The molecule has 1 N–H and O–H groups in total. The van der Waals surface area contributed by atoms with Crippen molar-refractivity contribution in [2.24, 2.45) is 23.2 Å². The zero-order chi connectivity index (χ0) is 17.3. The Morgan fingerprint density at radius 2 is 2.04 bits per heavy atom. The maximum Gasteiger partial charge on any atom is 0.302 e. The molecule has 0 aromatic rings. The second-order valence-corrected chi connectivity index (χ2v) is 8.93. The Morgan fingerprint density at radius 1 is 1.35 bits per heavy atom. The van der Waals surface area contributed by atoms with Crippen LogP contribution in [-0.2, 0) is 9.53 Å². The maximum absolute atomic E-state index is 11.4. The van der Waals surface area contributed by atoms with E-state index in [2.05, 4.69) is 20.8 Å². The molecule has 2 rings (SSSR count). The fraction of sp³-hybridized carbons (Fsp3) is 0.950. The summed E-state index contributed by atoms with van der Waals surface area (Å²) in [4.78, 5) is 11.4. The van der Waals surface area contributed by atoms with Crippen LogP contribution in [0.4, 0.5) is 0 Å². The van der Waals surface area contributed by atoms with Crippen molar-refractivity contribution in [3.05, 3.63) is 0 Å². The van der Waals surface area contributed by atoms with Crippen LogP contribution in [0.1, 0.15) is 86.0 Å². The van der Waals surface area contributed by atoms with E-state index in [4.69, 9.17) is 4.74 Å². The van der Waals surface area contributed by atoms with Crippen molar-refractivity contribution < 1.29 is 14.6 Å². The molecule has 5 atom stereocenters. The van der Waals surface area contributed by atoms with Crippen molar-refractivity contribution in [1.82, 2.24) is 0 Å². The van der Waals surface area contributed by atoms with Gasteiger partial charge >= 0.3 is 5.97 Å². The molecule has 2 saturated carbocycles. The van der Waals surface area contributed by atoms with Gasteiger partial charge in [0.2, 0.25) is 0 Å². The Bertz CT molecular complexity index is 415. The van der Waals surface area contributed by atoms with E-state index in [1.807, 2.05) is 6.92 Å². The molecule has 0 aromatic heterocycles. The van der Waals surface area contributed by atoms with E-state index in [9.17, 15) is 9.90 Å².